The monoisotopic (exact) mass is 364 g/mol. The molecule has 1 amide bonds. The molecule has 1 aromatic carbocycles. The number of sulfonamides is 1. The summed E-state index contributed by atoms with van der Waals surface area (Å²) in [6.07, 6.45) is 6.84. The van der Waals surface area contributed by atoms with Gasteiger partial charge in [-0.2, -0.15) is 4.31 Å². The molecule has 1 N–H and O–H groups in total. The lowest BCUT2D eigenvalue weighted by molar-refractivity contribution is -0.125. The van der Waals surface area contributed by atoms with Crippen LogP contribution in [0.15, 0.2) is 23.1 Å². The first-order valence-corrected chi connectivity index (χ1v) is 10.7. The molecule has 0 aromatic heterocycles. The minimum atomic E-state index is -3.65. The van der Waals surface area contributed by atoms with Crippen molar-refractivity contribution in [2.45, 2.75) is 75.8 Å². The van der Waals surface area contributed by atoms with E-state index in [4.69, 9.17) is 0 Å². The van der Waals surface area contributed by atoms with Gasteiger partial charge in [-0.15, -0.1) is 0 Å². The van der Waals surface area contributed by atoms with E-state index in [1.165, 1.54) is 10.7 Å². The van der Waals surface area contributed by atoms with Gasteiger partial charge < -0.3 is 5.32 Å². The molecule has 0 unspecified atom stereocenters. The van der Waals surface area contributed by atoms with Crippen LogP contribution in [0.25, 0.3) is 0 Å². The molecular weight excluding hydrogens is 336 g/mol. The minimum Gasteiger partial charge on any atom is -0.352 e. The maximum absolute atomic E-state index is 13.1. The normalized spacial score (nSPS) is 22.9. The number of carbonyl (C=O) groups excluding carboxylic acids is 1. The minimum absolute atomic E-state index is 0.127. The van der Waals surface area contributed by atoms with Gasteiger partial charge in [-0.3, -0.25) is 4.79 Å². The average Bonchev–Trinajstić information content (AvgIpc) is 3.06. The van der Waals surface area contributed by atoms with Crippen molar-refractivity contribution >= 4 is 15.9 Å². The SMILES string of the molecule is Cc1ccc(S(=O)(=O)N2CCC[C@@H]2C(=O)NC2CCCCC2)c(C)c1. The van der Waals surface area contributed by atoms with Crippen molar-refractivity contribution in [2.75, 3.05) is 6.54 Å². The molecule has 1 aliphatic carbocycles. The summed E-state index contributed by atoms with van der Waals surface area (Å²) in [5.74, 6) is -0.127. The predicted molar refractivity (Wildman–Crippen MR) is 97.8 cm³/mol. The van der Waals surface area contributed by atoms with Crippen LogP contribution >= 0.6 is 0 Å². The van der Waals surface area contributed by atoms with Crippen LogP contribution in [0.2, 0.25) is 0 Å². The summed E-state index contributed by atoms with van der Waals surface area (Å²) >= 11 is 0. The van der Waals surface area contributed by atoms with Crippen molar-refractivity contribution in [3.8, 4) is 0 Å². The number of hydrogen-bond donors (Lipinski definition) is 1. The van der Waals surface area contributed by atoms with Crippen LogP contribution in [0.3, 0.4) is 0 Å². The third-order valence-corrected chi connectivity index (χ3v) is 7.44. The van der Waals surface area contributed by atoms with E-state index in [0.717, 1.165) is 43.2 Å². The first kappa shape index (κ1) is 18.4. The van der Waals surface area contributed by atoms with E-state index in [1.54, 1.807) is 6.07 Å². The van der Waals surface area contributed by atoms with Gasteiger partial charge in [0.2, 0.25) is 15.9 Å². The number of aryl methyl sites for hydroxylation is 2. The zero-order valence-corrected chi connectivity index (χ0v) is 15.9. The molecule has 138 valence electrons. The van der Waals surface area contributed by atoms with Gasteiger partial charge in [-0.05, 0) is 51.2 Å². The molecule has 0 radical (unpaired) electrons. The first-order chi connectivity index (χ1) is 11.9. The Kier molecular flexibility index (Phi) is 5.49. The molecule has 6 heteroatoms. The predicted octanol–water partition coefficient (Wildman–Crippen LogP) is 2.91. The second-order valence-corrected chi connectivity index (χ2v) is 9.25. The number of amides is 1. The summed E-state index contributed by atoms with van der Waals surface area (Å²) in [6.45, 7) is 4.17. The molecule has 25 heavy (non-hydrogen) atoms. The first-order valence-electron chi connectivity index (χ1n) is 9.29. The van der Waals surface area contributed by atoms with Gasteiger partial charge in [0.25, 0.3) is 0 Å². The maximum atomic E-state index is 13.1. The van der Waals surface area contributed by atoms with Gasteiger partial charge in [0, 0.05) is 12.6 Å². The molecule has 1 atom stereocenters. The van der Waals surface area contributed by atoms with E-state index in [0.29, 0.717) is 17.9 Å². The van der Waals surface area contributed by atoms with Gasteiger partial charge >= 0.3 is 0 Å². The summed E-state index contributed by atoms with van der Waals surface area (Å²) in [7, 11) is -3.65. The lowest BCUT2D eigenvalue weighted by Gasteiger charge is -2.28. The molecule has 0 spiro atoms. The Morgan fingerprint density at radius 3 is 2.48 bits per heavy atom. The molecule has 1 heterocycles. The van der Waals surface area contributed by atoms with E-state index >= 15 is 0 Å². The molecule has 1 saturated carbocycles. The Balaban J connectivity index is 1.78. The lowest BCUT2D eigenvalue weighted by Crippen LogP contribution is -2.49. The van der Waals surface area contributed by atoms with Gasteiger partial charge in [0.05, 0.1) is 4.90 Å². The van der Waals surface area contributed by atoms with Crippen molar-refractivity contribution in [2.24, 2.45) is 0 Å². The number of nitrogens with zero attached hydrogens (tertiary/aromatic N) is 1. The average molecular weight is 365 g/mol. The smallest absolute Gasteiger partial charge is 0.244 e. The number of rotatable bonds is 4. The van der Waals surface area contributed by atoms with Crippen LogP contribution in [0, 0.1) is 13.8 Å². The number of nitrogens with one attached hydrogen (secondary N) is 1. The molecule has 1 saturated heterocycles. The number of hydrogen-bond acceptors (Lipinski definition) is 3. The van der Waals surface area contributed by atoms with Crippen LogP contribution in [0.4, 0.5) is 0 Å². The standard InChI is InChI=1S/C19H28N2O3S/c1-14-10-11-18(15(2)13-14)25(23,24)21-12-6-9-17(21)19(22)20-16-7-4-3-5-8-16/h10-11,13,16-17H,3-9,12H2,1-2H3,(H,20,22)/t17-/m1/s1. The van der Waals surface area contributed by atoms with Gasteiger partial charge in [0.15, 0.2) is 0 Å². The zero-order chi connectivity index (χ0) is 18.0. The summed E-state index contributed by atoms with van der Waals surface area (Å²) < 4.78 is 27.6. The second kappa shape index (κ2) is 7.46. The van der Waals surface area contributed by atoms with E-state index in [1.807, 2.05) is 26.0 Å². The Morgan fingerprint density at radius 2 is 1.80 bits per heavy atom. The van der Waals surface area contributed by atoms with Crippen molar-refractivity contribution in [1.82, 2.24) is 9.62 Å². The highest BCUT2D eigenvalue weighted by Crippen LogP contribution is 2.29. The highest BCUT2D eigenvalue weighted by atomic mass is 32.2. The summed E-state index contributed by atoms with van der Waals surface area (Å²) in [4.78, 5) is 13.0. The maximum Gasteiger partial charge on any atom is 0.244 e. The third kappa shape index (κ3) is 3.90. The fraction of sp³-hybridized carbons (Fsp3) is 0.632. The Labute approximate surface area is 150 Å². The van der Waals surface area contributed by atoms with Crippen molar-refractivity contribution in [1.29, 1.82) is 0 Å². The number of carbonyl (C=O) groups is 1. The summed E-state index contributed by atoms with van der Waals surface area (Å²) in [6, 6.07) is 4.97. The van der Waals surface area contributed by atoms with Crippen LogP contribution in [-0.4, -0.2) is 37.3 Å². The molecule has 2 fully saturated rings. The molecule has 5 nitrogen and oxygen atoms in total. The Bertz CT molecular complexity index is 739. The summed E-state index contributed by atoms with van der Waals surface area (Å²) in [5.41, 5.74) is 1.77. The lowest BCUT2D eigenvalue weighted by atomic mass is 9.95. The molecule has 1 aliphatic heterocycles. The van der Waals surface area contributed by atoms with Gasteiger partial charge in [-0.1, -0.05) is 37.0 Å². The molecule has 2 aliphatic rings. The fourth-order valence-electron chi connectivity index (χ4n) is 4.05. The largest absolute Gasteiger partial charge is 0.352 e. The van der Waals surface area contributed by atoms with E-state index in [9.17, 15) is 13.2 Å². The second-order valence-electron chi connectivity index (χ2n) is 7.39. The number of benzene rings is 1. The van der Waals surface area contributed by atoms with E-state index in [-0.39, 0.29) is 11.9 Å². The van der Waals surface area contributed by atoms with Crippen LogP contribution < -0.4 is 5.32 Å². The topological polar surface area (TPSA) is 66.5 Å². The van der Waals surface area contributed by atoms with E-state index < -0.39 is 16.1 Å². The Hall–Kier alpha value is -1.40. The molecule has 1 aromatic rings. The summed E-state index contributed by atoms with van der Waals surface area (Å²) in [5, 5.41) is 3.09. The van der Waals surface area contributed by atoms with Crippen LogP contribution in [0.1, 0.15) is 56.1 Å². The van der Waals surface area contributed by atoms with Crippen LogP contribution in [0.5, 0.6) is 0 Å². The molecular formula is C19H28N2O3S. The third-order valence-electron chi connectivity index (χ3n) is 5.37. The van der Waals surface area contributed by atoms with Crippen molar-refractivity contribution in [3.05, 3.63) is 29.3 Å². The fourth-order valence-corrected chi connectivity index (χ4v) is 5.91. The van der Waals surface area contributed by atoms with Gasteiger partial charge in [0.1, 0.15) is 6.04 Å². The highest BCUT2D eigenvalue weighted by molar-refractivity contribution is 7.89. The van der Waals surface area contributed by atoms with Crippen molar-refractivity contribution < 1.29 is 13.2 Å². The molecule has 0 bridgehead atoms. The van der Waals surface area contributed by atoms with Crippen molar-refractivity contribution in [3.63, 3.8) is 0 Å². The van der Waals surface area contributed by atoms with E-state index in [2.05, 4.69) is 5.32 Å². The zero-order valence-electron chi connectivity index (χ0n) is 15.1. The highest BCUT2D eigenvalue weighted by Gasteiger charge is 2.40. The molecule has 3 rings (SSSR count). The van der Waals surface area contributed by atoms with Gasteiger partial charge in [-0.25, -0.2) is 8.42 Å². The van der Waals surface area contributed by atoms with Crippen LogP contribution in [-0.2, 0) is 14.8 Å². The Morgan fingerprint density at radius 1 is 1.08 bits per heavy atom. The quantitative estimate of drug-likeness (QED) is 0.893.